The lowest BCUT2D eigenvalue weighted by Gasteiger charge is -2.29. The number of primary amides is 1. The van der Waals surface area contributed by atoms with Gasteiger partial charge in [-0.2, -0.15) is 0 Å². The minimum Gasteiger partial charge on any atom is -0.508 e. The normalized spacial score (nSPS) is 20.7. The van der Waals surface area contributed by atoms with Crippen molar-refractivity contribution in [1.82, 2.24) is 31.9 Å². The van der Waals surface area contributed by atoms with E-state index in [4.69, 9.17) is 39.6 Å². The lowest BCUT2D eigenvalue weighted by molar-refractivity contribution is -0.137. The Hall–Kier alpha value is -7.59. The van der Waals surface area contributed by atoms with Gasteiger partial charge in [0.25, 0.3) is 0 Å². The van der Waals surface area contributed by atoms with Crippen LogP contribution < -0.4 is 54.8 Å². The molecule has 0 aliphatic carbocycles. The maximum absolute atomic E-state index is 15.0. The number of phenolic OH excluding ortho intramolecular Hbond substituents is 2. The molecule has 1 aliphatic rings. The van der Waals surface area contributed by atoms with Crippen LogP contribution in [0.2, 0.25) is 5.02 Å². The van der Waals surface area contributed by atoms with Crippen LogP contribution in [0.3, 0.4) is 0 Å². The third-order valence-corrected chi connectivity index (χ3v) is 16.7. The number of carboxylic acid groups (broad SMARTS) is 1. The van der Waals surface area contributed by atoms with Crippen molar-refractivity contribution in [3.8, 4) is 11.5 Å². The molecular weight excluding hydrogens is 1170 g/mol. The third-order valence-electron chi connectivity index (χ3n) is 14.1. The first-order valence-corrected chi connectivity index (χ1v) is 30.7. The summed E-state index contributed by atoms with van der Waals surface area (Å²) in [4.78, 5) is 138. The molecule has 1 heterocycles. The number of unbranched alkanes of at least 4 members (excludes halogenated alkanes) is 1. The van der Waals surface area contributed by atoms with Crippen LogP contribution in [0.1, 0.15) is 73.3 Å². The molecule has 4 aromatic rings. The zero-order chi connectivity index (χ0) is 63.0. The standard InChI is InChI=1S/C59H75ClN10O14S2/c1-32(71)52-59(84)69-48(58(83)66-45(53(64)78)26-36-13-19-41(73)20-14-36)31-86-85-30-47(68-55(80)43(63)25-34-9-15-39(60)16-10-34)50(75)29-38(24-33-11-17-40(72)18-12-33)54(79)67-46(57(82)65-44(56(81)70-52)4-2-3-23-61)27-35-5-7-37(8-6-35)28-49(74)42(62)21-22-51(76)77/h5-20,32,38,42-48,52,71-73H,2-4,21-31,61-63H2,1H3,(H2,64,78)(H,65,82)(H,66,83)(H,67,79)(H,68,80)(H,69,84)(H,70,81)(H,76,77)/t32-,38-,42+,43+,44+,45-,46-,47-,48+,52+/m1/s1. The summed E-state index contributed by atoms with van der Waals surface area (Å²) < 4.78 is 0. The first kappa shape index (κ1) is 69.2. The number of nitrogens with two attached hydrogens (primary N) is 4. The molecule has 18 N–H and O–H groups in total. The van der Waals surface area contributed by atoms with E-state index in [0.717, 1.165) is 21.6 Å². The molecule has 24 nitrogen and oxygen atoms in total. The summed E-state index contributed by atoms with van der Waals surface area (Å²) in [6.45, 7) is 1.40. The molecule has 4 aromatic carbocycles. The summed E-state index contributed by atoms with van der Waals surface area (Å²) in [6.07, 6.45) is -2.60. The van der Waals surface area contributed by atoms with Crippen LogP contribution in [0.4, 0.5) is 0 Å². The van der Waals surface area contributed by atoms with Gasteiger partial charge in [-0.1, -0.05) is 93.9 Å². The summed E-state index contributed by atoms with van der Waals surface area (Å²) in [6, 6.07) is 13.3. The van der Waals surface area contributed by atoms with Crippen molar-refractivity contribution in [3.05, 3.63) is 130 Å². The van der Waals surface area contributed by atoms with Crippen LogP contribution in [0.5, 0.6) is 11.5 Å². The summed E-state index contributed by atoms with van der Waals surface area (Å²) >= 11 is 6.09. The second kappa shape index (κ2) is 34.5. The Morgan fingerprint density at radius 3 is 1.83 bits per heavy atom. The number of benzene rings is 4. The fourth-order valence-corrected chi connectivity index (χ4v) is 11.5. The Kier molecular flexibility index (Phi) is 27.8. The highest BCUT2D eigenvalue weighted by atomic mass is 35.5. The van der Waals surface area contributed by atoms with Gasteiger partial charge in [0.1, 0.15) is 41.7 Å². The van der Waals surface area contributed by atoms with E-state index in [1.54, 1.807) is 48.5 Å². The molecule has 0 bridgehead atoms. The van der Waals surface area contributed by atoms with Crippen molar-refractivity contribution >= 4 is 92.1 Å². The van der Waals surface area contributed by atoms with E-state index in [1.807, 2.05) is 0 Å². The minimum atomic E-state index is -1.78. The zero-order valence-electron chi connectivity index (χ0n) is 47.3. The number of aliphatic carboxylic acids is 1. The van der Waals surface area contributed by atoms with E-state index in [0.29, 0.717) is 39.3 Å². The Labute approximate surface area is 510 Å². The van der Waals surface area contributed by atoms with Crippen molar-refractivity contribution in [2.45, 2.75) is 132 Å². The molecule has 1 saturated heterocycles. The molecule has 464 valence electrons. The number of carbonyl (C=O) groups is 10. The van der Waals surface area contributed by atoms with E-state index >= 15 is 0 Å². The Morgan fingerprint density at radius 2 is 1.22 bits per heavy atom. The number of hydrogen-bond donors (Lipinski definition) is 14. The number of halogens is 1. The number of amides is 7. The number of Topliss-reactive ketones (excluding diaryl/α,β-unsaturated/α-hetero) is 2. The molecule has 0 spiro atoms. The summed E-state index contributed by atoms with van der Waals surface area (Å²) in [5, 5.41) is 56.4. The number of rotatable bonds is 24. The topological polar surface area (TPSA) is 428 Å². The summed E-state index contributed by atoms with van der Waals surface area (Å²) in [5.41, 5.74) is 26.5. The van der Waals surface area contributed by atoms with Gasteiger partial charge in [-0.15, -0.1) is 0 Å². The smallest absolute Gasteiger partial charge is 0.303 e. The molecule has 1 aliphatic heterocycles. The van der Waals surface area contributed by atoms with Crippen LogP contribution in [0, 0.1) is 5.92 Å². The lowest BCUT2D eigenvalue weighted by atomic mass is 9.90. The number of aliphatic hydroxyl groups excluding tert-OH is 1. The minimum absolute atomic E-state index is 0.0298. The average molecular weight is 1250 g/mol. The Balaban J connectivity index is 1.57. The number of carboxylic acids is 1. The van der Waals surface area contributed by atoms with Gasteiger partial charge in [-0.3, -0.25) is 47.9 Å². The number of carbonyl (C=O) groups excluding carboxylic acids is 9. The van der Waals surface area contributed by atoms with Crippen LogP contribution in [0.25, 0.3) is 0 Å². The molecule has 5 rings (SSSR count). The van der Waals surface area contributed by atoms with Crippen molar-refractivity contribution in [3.63, 3.8) is 0 Å². The van der Waals surface area contributed by atoms with Crippen LogP contribution >= 0.6 is 33.2 Å². The first-order chi connectivity index (χ1) is 40.9. The molecule has 0 unspecified atom stereocenters. The van der Waals surface area contributed by atoms with Gasteiger partial charge in [0, 0.05) is 54.6 Å². The quantitative estimate of drug-likeness (QED) is 0.0336. The molecular formula is C59H75ClN10O14S2. The number of aromatic hydroxyl groups is 2. The predicted molar refractivity (Wildman–Crippen MR) is 324 cm³/mol. The number of ketones is 2. The van der Waals surface area contributed by atoms with Gasteiger partial charge >= 0.3 is 5.97 Å². The lowest BCUT2D eigenvalue weighted by Crippen LogP contribution is -2.62. The molecule has 27 heteroatoms. The third kappa shape index (κ3) is 23.0. The average Bonchev–Trinajstić information content (AvgIpc) is 3.68. The Morgan fingerprint density at radius 1 is 0.674 bits per heavy atom. The number of hydrogen-bond acceptors (Lipinski definition) is 18. The van der Waals surface area contributed by atoms with Gasteiger partial charge in [0.2, 0.25) is 41.4 Å². The van der Waals surface area contributed by atoms with E-state index in [9.17, 15) is 63.3 Å². The SMILES string of the molecule is C[C@@H](O)[C@@H]1NC(=O)[C@H](CCCCN)NC(=O)[C@@H](Cc2ccc(CC(=O)[C@@H](N)CCC(=O)O)cc2)NC(=O)[C@H](Cc2ccc(O)cc2)CC(=O)[C@H](NC(=O)[C@@H](N)Cc2ccc(Cl)cc2)CSSC[C@@H](C(=O)N[C@H](Cc2ccc(O)cc2)C(N)=O)NC1=O. The maximum atomic E-state index is 15.0. The van der Waals surface area contributed by atoms with Crippen LogP contribution in [-0.2, 0) is 80.0 Å². The molecule has 10 atom stereocenters. The molecule has 0 aromatic heterocycles. The number of nitrogens with one attached hydrogen (secondary N) is 6. The van der Waals surface area contributed by atoms with Crippen LogP contribution in [-0.4, -0.2) is 152 Å². The molecule has 0 saturated carbocycles. The first-order valence-electron chi connectivity index (χ1n) is 27.8. The van der Waals surface area contributed by atoms with E-state index in [2.05, 4.69) is 31.9 Å². The summed E-state index contributed by atoms with van der Waals surface area (Å²) in [5.74, 6) is -10.5. The van der Waals surface area contributed by atoms with Crippen molar-refractivity contribution in [2.24, 2.45) is 28.9 Å². The highest BCUT2D eigenvalue weighted by molar-refractivity contribution is 8.76. The van der Waals surface area contributed by atoms with Crippen molar-refractivity contribution in [2.75, 3.05) is 18.1 Å². The number of phenols is 2. The van der Waals surface area contributed by atoms with E-state index in [1.165, 1.54) is 55.5 Å². The Bertz CT molecular complexity index is 2980. The van der Waals surface area contributed by atoms with Gasteiger partial charge in [-0.25, -0.2) is 0 Å². The van der Waals surface area contributed by atoms with Gasteiger partial charge < -0.3 is 75.3 Å². The van der Waals surface area contributed by atoms with Gasteiger partial charge in [0.15, 0.2) is 11.6 Å². The molecule has 0 radical (unpaired) electrons. The second-order valence-corrected chi connectivity index (χ2v) is 24.0. The molecule has 86 heavy (non-hydrogen) atoms. The monoisotopic (exact) mass is 1250 g/mol. The van der Waals surface area contributed by atoms with Gasteiger partial charge in [-0.05, 0) is 116 Å². The maximum Gasteiger partial charge on any atom is 0.303 e. The predicted octanol–water partition coefficient (Wildman–Crippen LogP) is 0.527. The summed E-state index contributed by atoms with van der Waals surface area (Å²) in [7, 11) is 1.94. The zero-order valence-corrected chi connectivity index (χ0v) is 49.7. The van der Waals surface area contributed by atoms with Crippen molar-refractivity contribution < 1.29 is 68.4 Å². The fourth-order valence-electron chi connectivity index (χ4n) is 9.05. The highest BCUT2D eigenvalue weighted by Gasteiger charge is 2.37. The molecule has 1 fully saturated rings. The highest BCUT2D eigenvalue weighted by Crippen LogP contribution is 2.26. The second-order valence-electron chi connectivity index (χ2n) is 21.0. The van der Waals surface area contributed by atoms with Crippen molar-refractivity contribution in [1.29, 1.82) is 0 Å². The van der Waals surface area contributed by atoms with Crippen LogP contribution in [0.15, 0.2) is 97.1 Å². The van der Waals surface area contributed by atoms with E-state index < -0.39 is 126 Å². The largest absolute Gasteiger partial charge is 0.508 e. The fraction of sp³-hybridized carbons (Fsp3) is 0.424. The van der Waals surface area contributed by atoms with E-state index in [-0.39, 0.29) is 87.3 Å². The molecule has 7 amide bonds. The number of aliphatic hydroxyl groups is 1. The van der Waals surface area contributed by atoms with Gasteiger partial charge in [0.05, 0.1) is 24.2 Å².